The second-order valence-electron chi connectivity index (χ2n) is 16.5. The highest BCUT2D eigenvalue weighted by molar-refractivity contribution is 6.15. The van der Waals surface area contributed by atoms with Gasteiger partial charge in [0.1, 0.15) is 0 Å². The maximum atomic E-state index is 2.51. The van der Waals surface area contributed by atoms with Crippen LogP contribution in [0.3, 0.4) is 0 Å². The van der Waals surface area contributed by atoms with Crippen molar-refractivity contribution in [3.05, 3.63) is 236 Å². The number of rotatable bonds is 7. The molecular weight excluding hydrogens is 723 g/mol. The molecule has 11 rings (SSSR count). The smallest absolute Gasteiger partial charge is 0.0546 e. The monoisotopic (exact) mass is 765 g/mol. The van der Waals surface area contributed by atoms with Crippen LogP contribution in [0.2, 0.25) is 0 Å². The van der Waals surface area contributed by atoms with E-state index in [9.17, 15) is 0 Å². The summed E-state index contributed by atoms with van der Waals surface area (Å²) >= 11 is 0. The second-order valence-corrected chi connectivity index (χ2v) is 16.5. The van der Waals surface area contributed by atoms with Gasteiger partial charge in [-0.25, -0.2) is 0 Å². The van der Waals surface area contributed by atoms with Gasteiger partial charge < -0.3 is 4.90 Å². The summed E-state index contributed by atoms with van der Waals surface area (Å²) in [6, 6.07) is 82.4. The number of hydrogen-bond acceptors (Lipinski definition) is 1. The van der Waals surface area contributed by atoms with Crippen molar-refractivity contribution in [3.63, 3.8) is 0 Å². The van der Waals surface area contributed by atoms with E-state index >= 15 is 0 Å². The number of para-hydroxylation sites is 1. The van der Waals surface area contributed by atoms with E-state index in [2.05, 4.69) is 243 Å². The average Bonchev–Trinajstić information content (AvgIpc) is 3.54. The Morgan fingerprint density at radius 1 is 0.300 bits per heavy atom. The lowest BCUT2D eigenvalue weighted by Gasteiger charge is -2.31. The van der Waals surface area contributed by atoms with Crippen LogP contribution in [0.15, 0.2) is 224 Å². The summed E-state index contributed by atoms with van der Waals surface area (Å²) in [6.45, 7) is 4.79. The Morgan fingerprint density at radius 3 is 1.52 bits per heavy atom. The van der Waals surface area contributed by atoms with E-state index in [1.807, 2.05) is 0 Å². The highest BCUT2D eigenvalue weighted by Crippen LogP contribution is 2.53. The van der Waals surface area contributed by atoms with Gasteiger partial charge in [0, 0.05) is 22.1 Å². The highest BCUT2D eigenvalue weighted by Gasteiger charge is 2.37. The number of hydrogen-bond donors (Lipinski definition) is 0. The number of benzene rings is 10. The molecule has 0 N–H and O–H groups in total. The number of fused-ring (bicyclic) bond motifs is 6. The quantitative estimate of drug-likeness (QED) is 0.146. The molecule has 0 radical (unpaired) electrons. The zero-order valence-corrected chi connectivity index (χ0v) is 33.8. The molecule has 60 heavy (non-hydrogen) atoms. The Bertz CT molecular complexity index is 3210. The molecule has 1 nitrogen and oxygen atoms in total. The Kier molecular flexibility index (Phi) is 8.57. The van der Waals surface area contributed by atoms with Crippen molar-refractivity contribution in [1.29, 1.82) is 0 Å². The van der Waals surface area contributed by atoms with Gasteiger partial charge in [-0.15, -0.1) is 0 Å². The van der Waals surface area contributed by atoms with Gasteiger partial charge in [-0.3, -0.25) is 0 Å². The molecule has 1 heteroatoms. The SMILES string of the molecule is CC1(C)c2cc(-c3ccccc3-c3ccccc3)ccc2-c2ccc(N(c3ccccc3-c3ccc(-c4ccccc4)cc3)c3cc4ccccc4c4ccccc34)cc21. The maximum absolute atomic E-state index is 2.51. The van der Waals surface area contributed by atoms with E-state index < -0.39 is 0 Å². The zero-order chi connectivity index (χ0) is 40.2. The third-order valence-electron chi connectivity index (χ3n) is 12.7. The first-order valence-electron chi connectivity index (χ1n) is 20.9. The van der Waals surface area contributed by atoms with Crippen LogP contribution in [0.5, 0.6) is 0 Å². The third kappa shape index (κ3) is 5.93. The topological polar surface area (TPSA) is 3.24 Å². The van der Waals surface area contributed by atoms with Crippen LogP contribution in [0, 0.1) is 0 Å². The largest absolute Gasteiger partial charge is 0.309 e. The third-order valence-corrected chi connectivity index (χ3v) is 12.7. The van der Waals surface area contributed by atoms with Gasteiger partial charge in [-0.05, 0) is 108 Å². The standard InChI is InChI=1S/C59H43N/c1-59(2)55-37-45(48-23-12-11-22-47(48)42-19-7-4-8-20-42)33-35-52(55)53-36-34-46(39-56(53)59)60(58-38-44-21-9-10-24-49(44)51-26-13-14-27-54(51)58)57-28-16-15-25-50(57)43-31-29-41(30-32-43)40-17-5-3-6-18-40/h3-39H,1-2H3. The summed E-state index contributed by atoms with van der Waals surface area (Å²) in [5.41, 5.74) is 18.3. The van der Waals surface area contributed by atoms with Crippen LogP contribution in [0.1, 0.15) is 25.0 Å². The molecule has 0 amide bonds. The van der Waals surface area contributed by atoms with Crippen molar-refractivity contribution >= 4 is 38.6 Å². The van der Waals surface area contributed by atoms with Crippen LogP contribution < -0.4 is 4.90 Å². The lowest BCUT2D eigenvalue weighted by molar-refractivity contribution is 0.660. The molecule has 0 unspecified atom stereocenters. The van der Waals surface area contributed by atoms with Gasteiger partial charge in [0.15, 0.2) is 0 Å². The molecule has 0 heterocycles. The van der Waals surface area contributed by atoms with Crippen LogP contribution in [0.25, 0.3) is 77.2 Å². The summed E-state index contributed by atoms with van der Waals surface area (Å²) in [7, 11) is 0. The molecule has 10 aromatic carbocycles. The van der Waals surface area contributed by atoms with Crippen molar-refractivity contribution in [2.24, 2.45) is 0 Å². The van der Waals surface area contributed by atoms with Gasteiger partial charge in [-0.1, -0.05) is 208 Å². The maximum Gasteiger partial charge on any atom is 0.0546 e. The molecule has 0 aliphatic heterocycles. The molecule has 284 valence electrons. The van der Waals surface area contributed by atoms with E-state index in [1.54, 1.807) is 0 Å². The lowest BCUT2D eigenvalue weighted by Crippen LogP contribution is -2.17. The van der Waals surface area contributed by atoms with Gasteiger partial charge >= 0.3 is 0 Å². The van der Waals surface area contributed by atoms with Crippen molar-refractivity contribution < 1.29 is 0 Å². The summed E-state index contributed by atoms with van der Waals surface area (Å²) in [5, 5.41) is 4.95. The van der Waals surface area contributed by atoms with Crippen LogP contribution in [0.4, 0.5) is 17.1 Å². The fourth-order valence-electron chi connectivity index (χ4n) is 9.65. The van der Waals surface area contributed by atoms with Crippen LogP contribution in [-0.4, -0.2) is 0 Å². The predicted octanol–water partition coefficient (Wildman–Crippen LogP) is 16.4. The van der Waals surface area contributed by atoms with Gasteiger partial charge in [0.25, 0.3) is 0 Å². The molecule has 1 aliphatic rings. The Balaban J connectivity index is 1.08. The summed E-state index contributed by atoms with van der Waals surface area (Å²) in [5.74, 6) is 0. The van der Waals surface area contributed by atoms with E-state index in [1.165, 1.54) is 88.3 Å². The van der Waals surface area contributed by atoms with E-state index in [4.69, 9.17) is 0 Å². The normalized spacial score (nSPS) is 12.6. The number of nitrogens with zero attached hydrogens (tertiary/aromatic N) is 1. The molecule has 0 aromatic heterocycles. The lowest BCUT2D eigenvalue weighted by atomic mass is 9.81. The van der Waals surface area contributed by atoms with E-state index in [0.29, 0.717) is 0 Å². The molecule has 0 saturated heterocycles. The highest BCUT2D eigenvalue weighted by atomic mass is 15.1. The van der Waals surface area contributed by atoms with Crippen molar-refractivity contribution in [1.82, 2.24) is 0 Å². The average molecular weight is 766 g/mol. The summed E-state index contributed by atoms with van der Waals surface area (Å²) in [6.07, 6.45) is 0. The van der Waals surface area contributed by atoms with E-state index in [0.717, 1.165) is 17.1 Å². The molecule has 1 aliphatic carbocycles. The van der Waals surface area contributed by atoms with Crippen LogP contribution >= 0.6 is 0 Å². The van der Waals surface area contributed by atoms with Gasteiger partial charge in [0.2, 0.25) is 0 Å². The van der Waals surface area contributed by atoms with Crippen LogP contribution in [-0.2, 0) is 5.41 Å². The molecule has 0 spiro atoms. The van der Waals surface area contributed by atoms with Gasteiger partial charge in [-0.2, -0.15) is 0 Å². The van der Waals surface area contributed by atoms with Gasteiger partial charge in [0.05, 0.1) is 11.4 Å². The Hall–Kier alpha value is -7.48. The second kappa shape index (κ2) is 14.4. The molecule has 10 aromatic rings. The number of anilines is 3. The molecular formula is C59H43N. The first-order chi connectivity index (χ1) is 29.5. The molecule has 0 saturated carbocycles. The summed E-state index contributed by atoms with van der Waals surface area (Å²) in [4.78, 5) is 2.51. The van der Waals surface area contributed by atoms with Crippen molar-refractivity contribution in [2.75, 3.05) is 4.90 Å². The molecule has 0 atom stereocenters. The first-order valence-corrected chi connectivity index (χ1v) is 20.9. The molecule has 0 bridgehead atoms. The zero-order valence-electron chi connectivity index (χ0n) is 33.8. The minimum absolute atomic E-state index is 0.234. The van der Waals surface area contributed by atoms with Crippen molar-refractivity contribution in [2.45, 2.75) is 19.3 Å². The fourth-order valence-corrected chi connectivity index (χ4v) is 9.65. The Labute approximate surface area is 352 Å². The Morgan fingerprint density at radius 2 is 0.783 bits per heavy atom. The minimum Gasteiger partial charge on any atom is -0.309 e. The predicted molar refractivity (Wildman–Crippen MR) is 255 cm³/mol. The minimum atomic E-state index is -0.234. The fraction of sp³-hybridized carbons (Fsp3) is 0.0508. The summed E-state index contributed by atoms with van der Waals surface area (Å²) < 4.78 is 0. The first kappa shape index (κ1) is 35.7. The molecule has 0 fully saturated rings. The van der Waals surface area contributed by atoms with Crippen molar-refractivity contribution in [3.8, 4) is 55.6 Å². The van der Waals surface area contributed by atoms with E-state index in [-0.39, 0.29) is 5.41 Å².